The lowest BCUT2D eigenvalue weighted by Crippen LogP contribution is -2.22. The van der Waals surface area contributed by atoms with Crippen LogP contribution in [0.15, 0.2) is 42.5 Å². The van der Waals surface area contributed by atoms with Crippen LogP contribution >= 0.6 is 0 Å². The lowest BCUT2D eigenvalue weighted by atomic mass is 10.1. The van der Waals surface area contributed by atoms with Crippen LogP contribution in [0.2, 0.25) is 0 Å². The fourth-order valence-electron chi connectivity index (χ4n) is 2.81. The average Bonchev–Trinajstić information content (AvgIpc) is 3.55. The molecule has 0 aliphatic heterocycles. The lowest BCUT2D eigenvalue weighted by molar-refractivity contribution is -0.117. The van der Waals surface area contributed by atoms with Gasteiger partial charge >= 0.3 is 0 Å². The predicted octanol–water partition coefficient (Wildman–Crippen LogP) is 3.74. The number of benzene rings is 2. The first kappa shape index (κ1) is 20.4. The van der Waals surface area contributed by atoms with Gasteiger partial charge in [0.2, 0.25) is 17.7 Å². The summed E-state index contributed by atoms with van der Waals surface area (Å²) in [5.41, 5.74) is 3.79. The van der Waals surface area contributed by atoms with Crippen molar-refractivity contribution in [1.29, 1.82) is 0 Å². The Morgan fingerprint density at radius 3 is 2.03 bits per heavy atom. The molecule has 2 aromatic carbocycles. The van der Waals surface area contributed by atoms with Crippen molar-refractivity contribution in [3.8, 4) is 0 Å². The van der Waals surface area contributed by atoms with Gasteiger partial charge in [-0.1, -0.05) is 13.0 Å². The van der Waals surface area contributed by atoms with Gasteiger partial charge < -0.3 is 21.3 Å². The zero-order valence-electron chi connectivity index (χ0n) is 16.7. The lowest BCUT2D eigenvalue weighted by Gasteiger charge is -2.14. The van der Waals surface area contributed by atoms with E-state index in [0.717, 1.165) is 29.8 Å². The zero-order valence-corrected chi connectivity index (χ0v) is 16.7. The Labute approximate surface area is 170 Å². The van der Waals surface area contributed by atoms with E-state index in [-0.39, 0.29) is 30.2 Å². The van der Waals surface area contributed by atoms with Crippen molar-refractivity contribution in [2.45, 2.75) is 33.1 Å². The molecule has 0 atom stereocenters. The first-order chi connectivity index (χ1) is 14.0. The van der Waals surface area contributed by atoms with Gasteiger partial charge in [0.1, 0.15) is 0 Å². The van der Waals surface area contributed by atoms with Crippen molar-refractivity contribution in [3.63, 3.8) is 0 Å². The highest BCUT2D eigenvalue weighted by atomic mass is 16.2. The van der Waals surface area contributed by atoms with Crippen LogP contribution < -0.4 is 21.3 Å². The molecular weight excluding hydrogens is 368 g/mol. The Morgan fingerprint density at radius 1 is 0.862 bits per heavy atom. The van der Waals surface area contributed by atoms with E-state index in [1.54, 1.807) is 31.2 Å². The number of carbonyl (C=O) groups excluding carboxylic acids is 3. The Kier molecular flexibility index (Phi) is 6.49. The first-order valence-corrected chi connectivity index (χ1v) is 9.80. The van der Waals surface area contributed by atoms with Crippen LogP contribution in [-0.4, -0.2) is 24.3 Å². The Hall–Kier alpha value is -3.35. The van der Waals surface area contributed by atoms with Gasteiger partial charge in [-0.3, -0.25) is 14.4 Å². The highest BCUT2D eigenvalue weighted by Crippen LogP contribution is 2.31. The highest BCUT2D eigenvalue weighted by Gasteiger charge is 2.29. The number of carbonyl (C=O) groups is 3. The van der Waals surface area contributed by atoms with E-state index in [4.69, 9.17) is 0 Å². The molecule has 3 rings (SSSR count). The first-order valence-electron chi connectivity index (χ1n) is 9.80. The molecule has 152 valence electrons. The molecule has 7 nitrogen and oxygen atoms in total. The molecule has 0 radical (unpaired) electrons. The second kappa shape index (κ2) is 9.23. The molecular formula is C22H26N4O3. The van der Waals surface area contributed by atoms with E-state index >= 15 is 0 Å². The molecule has 0 saturated heterocycles. The quantitative estimate of drug-likeness (QED) is 0.548. The van der Waals surface area contributed by atoms with Gasteiger partial charge in [-0.15, -0.1) is 0 Å². The molecule has 1 fully saturated rings. The third-order valence-electron chi connectivity index (χ3n) is 4.75. The molecule has 7 heteroatoms. The second-order valence-corrected chi connectivity index (χ2v) is 7.12. The third-order valence-corrected chi connectivity index (χ3v) is 4.75. The summed E-state index contributed by atoms with van der Waals surface area (Å²) < 4.78 is 0. The molecule has 4 N–H and O–H groups in total. The minimum absolute atomic E-state index is 0.0570. The maximum atomic E-state index is 12.3. The summed E-state index contributed by atoms with van der Waals surface area (Å²) in [6, 6.07) is 12.5. The van der Waals surface area contributed by atoms with Crippen LogP contribution in [0.25, 0.3) is 0 Å². The van der Waals surface area contributed by atoms with E-state index in [1.165, 1.54) is 0 Å². The minimum Gasteiger partial charge on any atom is -0.376 e. The number of hydrogen-bond donors (Lipinski definition) is 4. The normalized spacial score (nSPS) is 12.8. The van der Waals surface area contributed by atoms with Crippen LogP contribution in [-0.2, 0) is 14.4 Å². The summed E-state index contributed by atoms with van der Waals surface area (Å²) in [6.45, 7) is 3.79. The number of rotatable bonds is 8. The average molecular weight is 394 g/mol. The monoisotopic (exact) mass is 394 g/mol. The largest absolute Gasteiger partial charge is 0.376 e. The second-order valence-electron chi connectivity index (χ2n) is 7.12. The standard InChI is InChI=1S/C22H26N4O3/c1-3-20(27)24-16-9-11-17(12-10-16)25-21(28)13-23-18-5-4-6-19(14(18)2)26-22(29)15-7-8-15/h4-6,9-12,15,23H,3,7-8,13H2,1-2H3,(H,24,27)(H,25,28)(H,26,29). The van der Waals surface area contributed by atoms with Crippen LogP contribution in [0.3, 0.4) is 0 Å². The van der Waals surface area contributed by atoms with E-state index in [2.05, 4.69) is 21.3 Å². The van der Waals surface area contributed by atoms with Crippen molar-refractivity contribution >= 4 is 40.5 Å². The Bertz CT molecular complexity index is 905. The maximum Gasteiger partial charge on any atom is 0.243 e. The molecule has 1 aliphatic rings. The Balaban J connectivity index is 1.52. The SMILES string of the molecule is CCC(=O)Nc1ccc(NC(=O)CNc2cccc(NC(=O)C3CC3)c2C)cc1. The van der Waals surface area contributed by atoms with Crippen LogP contribution in [0.1, 0.15) is 31.7 Å². The van der Waals surface area contributed by atoms with Gasteiger partial charge in [0.25, 0.3) is 0 Å². The number of anilines is 4. The van der Waals surface area contributed by atoms with E-state index in [0.29, 0.717) is 17.8 Å². The van der Waals surface area contributed by atoms with Gasteiger partial charge in [-0.25, -0.2) is 0 Å². The third kappa shape index (κ3) is 5.81. The number of hydrogen-bond acceptors (Lipinski definition) is 4. The predicted molar refractivity (Wildman–Crippen MR) is 115 cm³/mol. The van der Waals surface area contributed by atoms with Gasteiger partial charge in [-0.2, -0.15) is 0 Å². The van der Waals surface area contributed by atoms with Crippen molar-refractivity contribution in [3.05, 3.63) is 48.0 Å². The molecule has 0 bridgehead atoms. The van der Waals surface area contributed by atoms with E-state index in [9.17, 15) is 14.4 Å². The number of nitrogens with one attached hydrogen (secondary N) is 4. The smallest absolute Gasteiger partial charge is 0.243 e. The van der Waals surface area contributed by atoms with E-state index < -0.39 is 0 Å². The van der Waals surface area contributed by atoms with Crippen LogP contribution in [0, 0.1) is 12.8 Å². The topological polar surface area (TPSA) is 99.3 Å². The molecule has 0 heterocycles. The highest BCUT2D eigenvalue weighted by molar-refractivity contribution is 5.96. The molecule has 3 amide bonds. The summed E-state index contributed by atoms with van der Waals surface area (Å²) in [4.78, 5) is 35.6. The fourth-order valence-corrected chi connectivity index (χ4v) is 2.81. The van der Waals surface area contributed by atoms with Crippen molar-refractivity contribution in [2.24, 2.45) is 5.92 Å². The van der Waals surface area contributed by atoms with Crippen molar-refractivity contribution in [2.75, 3.05) is 27.8 Å². The summed E-state index contributed by atoms with van der Waals surface area (Å²) in [7, 11) is 0. The number of amides is 3. The van der Waals surface area contributed by atoms with Gasteiger partial charge in [-0.05, 0) is 61.7 Å². The molecule has 0 spiro atoms. The van der Waals surface area contributed by atoms with Crippen molar-refractivity contribution < 1.29 is 14.4 Å². The maximum absolute atomic E-state index is 12.3. The summed E-state index contributed by atoms with van der Waals surface area (Å²) in [6.07, 6.45) is 2.32. The molecule has 2 aromatic rings. The molecule has 0 aromatic heterocycles. The Morgan fingerprint density at radius 2 is 1.45 bits per heavy atom. The zero-order chi connectivity index (χ0) is 20.8. The van der Waals surface area contributed by atoms with Crippen LogP contribution in [0.4, 0.5) is 22.7 Å². The van der Waals surface area contributed by atoms with Gasteiger partial charge in [0.05, 0.1) is 6.54 Å². The van der Waals surface area contributed by atoms with Crippen molar-refractivity contribution in [1.82, 2.24) is 0 Å². The van der Waals surface area contributed by atoms with Gasteiger partial charge in [0.15, 0.2) is 0 Å². The molecule has 0 unspecified atom stereocenters. The molecule has 1 saturated carbocycles. The minimum atomic E-state index is -0.192. The molecule has 1 aliphatic carbocycles. The fraction of sp³-hybridized carbons (Fsp3) is 0.318. The van der Waals surface area contributed by atoms with Crippen LogP contribution in [0.5, 0.6) is 0 Å². The summed E-state index contributed by atoms with van der Waals surface area (Å²) in [5, 5.41) is 11.6. The molecule has 29 heavy (non-hydrogen) atoms. The summed E-state index contributed by atoms with van der Waals surface area (Å²) in [5.74, 6) is -0.0564. The van der Waals surface area contributed by atoms with Gasteiger partial charge in [0, 0.05) is 35.1 Å². The summed E-state index contributed by atoms with van der Waals surface area (Å²) >= 11 is 0. The van der Waals surface area contributed by atoms with E-state index in [1.807, 2.05) is 25.1 Å².